The molecular formula is C18H29NO2. The second-order valence-corrected chi connectivity index (χ2v) is 6.29. The third-order valence-corrected chi connectivity index (χ3v) is 4.59. The molecule has 0 spiro atoms. The van der Waals surface area contributed by atoms with E-state index in [2.05, 4.69) is 26.1 Å². The quantitative estimate of drug-likeness (QED) is 0.863. The van der Waals surface area contributed by atoms with E-state index >= 15 is 0 Å². The Morgan fingerprint density at radius 1 is 1.19 bits per heavy atom. The minimum Gasteiger partial charge on any atom is -0.493 e. The highest BCUT2D eigenvalue weighted by molar-refractivity contribution is 5.39. The van der Waals surface area contributed by atoms with Crippen molar-refractivity contribution in [2.75, 3.05) is 13.7 Å². The smallest absolute Gasteiger partial charge is 0.161 e. The van der Waals surface area contributed by atoms with E-state index in [1.807, 2.05) is 24.3 Å². The van der Waals surface area contributed by atoms with Crippen LogP contribution in [0.4, 0.5) is 0 Å². The van der Waals surface area contributed by atoms with Crippen LogP contribution in [-0.2, 0) is 0 Å². The highest BCUT2D eigenvalue weighted by Gasteiger charge is 2.33. The third kappa shape index (κ3) is 4.13. The molecule has 1 aromatic carbocycles. The fourth-order valence-corrected chi connectivity index (χ4v) is 3.27. The lowest BCUT2D eigenvalue weighted by atomic mass is 9.78. The standard InChI is InChI=1S/C18H29NO2/c1-5-19-15-11-10-14(13(2)3)12-18(15)21-17-9-7-6-8-16(17)20-4/h6-9,13-15,18-19H,5,10-12H2,1-4H3. The van der Waals surface area contributed by atoms with Crippen molar-refractivity contribution in [1.82, 2.24) is 5.32 Å². The molecule has 1 aliphatic rings. The summed E-state index contributed by atoms with van der Waals surface area (Å²) >= 11 is 0. The molecule has 1 fully saturated rings. The predicted octanol–water partition coefficient (Wildman–Crippen LogP) is 3.88. The van der Waals surface area contributed by atoms with Gasteiger partial charge in [0.15, 0.2) is 11.5 Å². The Labute approximate surface area is 129 Å². The fraction of sp³-hybridized carbons (Fsp3) is 0.667. The van der Waals surface area contributed by atoms with E-state index in [1.54, 1.807) is 7.11 Å². The maximum Gasteiger partial charge on any atom is 0.161 e. The summed E-state index contributed by atoms with van der Waals surface area (Å²) in [5.74, 6) is 3.15. The van der Waals surface area contributed by atoms with Gasteiger partial charge in [-0.05, 0) is 49.8 Å². The van der Waals surface area contributed by atoms with Crippen molar-refractivity contribution in [2.45, 2.75) is 52.2 Å². The molecule has 0 aliphatic heterocycles. The van der Waals surface area contributed by atoms with Crippen LogP contribution >= 0.6 is 0 Å². The van der Waals surface area contributed by atoms with Gasteiger partial charge in [0, 0.05) is 6.04 Å². The molecule has 118 valence electrons. The van der Waals surface area contributed by atoms with E-state index in [9.17, 15) is 0 Å². The Bertz CT molecular complexity index is 433. The molecule has 0 radical (unpaired) electrons. The number of hydrogen-bond donors (Lipinski definition) is 1. The van der Waals surface area contributed by atoms with Gasteiger partial charge in [0.05, 0.1) is 7.11 Å². The summed E-state index contributed by atoms with van der Waals surface area (Å²) in [7, 11) is 1.70. The summed E-state index contributed by atoms with van der Waals surface area (Å²) in [5.41, 5.74) is 0. The predicted molar refractivity (Wildman–Crippen MR) is 87.1 cm³/mol. The van der Waals surface area contributed by atoms with Crippen LogP contribution in [0.1, 0.15) is 40.0 Å². The summed E-state index contributed by atoms with van der Waals surface area (Å²) in [5, 5.41) is 3.59. The molecule has 0 saturated heterocycles. The number of ether oxygens (including phenoxy) is 2. The van der Waals surface area contributed by atoms with E-state index in [1.165, 1.54) is 12.8 Å². The Morgan fingerprint density at radius 3 is 2.52 bits per heavy atom. The van der Waals surface area contributed by atoms with E-state index in [0.29, 0.717) is 6.04 Å². The van der Waals surface area contributed by atoms with Gasteiger partial charge in [0.2, 0.25) is 0 Å². The molecule has 0 bridgehead atoms. The molecule has 1 aromatic rings. The summed E-state index contributed by atoms with van der Waals surface area (Å²) in [6.07, 6.45) is 3.83. The van der Waals surface area contributed by atoms with Crippen LogP contribution in [0.3, 0.4) is 0 Å². The zero-order valence-corrected chi connectivity index (χ0v) is 13.8. The van der Waals surface area contributed by atoms with Gasteiger partial charge in [0.1, 0.15) is 6.10 Å². The van der Waals surface area contributed by atoms with Crippen LogP contribution in [0.15, 0.2) is 24.3 Å². The molecular weight excluding hydrogens is 262 g/mol. The first kappa shape index (κ1) is 16.2. The Balaban J connectivity index is 2.11. The van der Waals surface area contributed by atoms with Crippen LogP contribution in [0.5, 0.6) is 11.5 Å². The zero-order valence-electron chi connectivity index (χ0n) is 13.8. The first-order chi connectivity index (χ1) is 10.2. The number of nitrogens with one attached hydrogen (secondary N) is 1. The van der Waals surface area contributed by atoms with Crippen LogP contribution in [-0.4, -0.2) is 25.8 Å². The largest absolute Gasteiger partial charge is 0.493 e. The van der Waals surface area contributed by atoms with Gasteiger partial charge in [-0.25, -0.2) is 0 Å². The van der Waals surface area contributed by atoms with Gasteiger partial charge in [-0.1, -0.05) is 32.9 Å². The lowest BCUT2D eigenvalue weighted by Gasteiger charge is -2.38. The van der Waals surface area contributed by atoms with Crippen molar-refractivity contribution in [3.05, 3.63) is 24.3 Å². The number of hydrogen-bond acceptors (Lipinski definition) is 3. The van der Waals surface area contributed by atoms with E-state index in [-0.39, 0.29) is 6.10 Å². The van der Waals surface area contributed by atoms with Crippen molar-refractivity contribution in [3.8, 4) is 11.5 Å². The van der Waals surface area contributed by atoms with Crippen LogP contribution in [0, 0.1) is 11.8 Å². The normalized spacial score (nSPS) is 25.9. The highest BCUT2D eigenvalue weighted by Crippen LogP contribution is 2.35. The van der Waals surface area contributed by atoms with Gasteiger partial charge < -0.3 is 14.8 Å². The van der Waals surface area contributed by atoms with Crippen molar-refractivity contribution >= 4 is 0 Å². The van der Waals surface area contributed by atoms with Crippen molar-refractivity contribution < 1.29 is 9.47 Å². The summed E-state index contributed by atoms with van der Waals surface area (Å²) < 4.78 is 11.7. The SMILES string of the molecule is CCNC1CCC(C(C)C)CC1Oc1ccccc1OC. The minimum atomic E-state index is 0.224. The molecule has 0 aromatic heterocycles. The Hall–Kier alpha value is -1.22. The molecule has 1 aliphatic carbocycles. The number of methoxy groups -OCH3 is 1. The molecule has 3 atom stereocenters. The van der Waals surface area contributed by atoms with Crippen LogP contribution in [0.2, 0.25) is 0 Å². The van der Waals surface area contributed by atoms with Gasteiger partial charge in [0.25, 0.3) is 0 Å². The zero-order chi connectivity index (χ0) is 15.2. The first-order valence-electron chi connectivity index (χ1n) is 8.18. The van der Waals surface area contributed by atoms with Crippen LogP contribution < -0.4 is 14.8 Å². The van der Waals surface area contributed by atoms with Gasteiger partial charge >= 0.3 is 0 Å². The lowest BCUT2D eigenvalue weighted by Crippen LogP contribution is -2.47. The molecule has 0 heterocycles. The number of likely N-dealkylation sites (N-methyl/N-ethyl adjacent to an activating group) is 1. The molecule has 3 nitrogen and oxygen atoms in total. The van der Waals surface area contributed by atoms with E-state index < -0.39 is 0 Å². The summed E-state index contributed by atoms with van der Waals surface area (Å²) in [6, 6.07) is 8.38. The molecule has 21 heavy (non-hydrogen) atoms. The second kappa shape index (κ2) is 7.69. The molecule has 0 amide bonds. The second-order valence-electron chi connectivity index (χ2n) is 6.29. The topological polar surface area (TPSA) is 30.5 Å². The van der Waals surface area contributed by atoms with Crippen molar-refractivity contribution in [3.63, 3.8) is 0 Å². The van der Waals surface area contributed by atoms with Crippen molar-refractivity contribution in [1.29, 1.82) is 0 Å². The van der Waals surface area contributed by atoms with Gasteiger partial charge in [-0.15, -0.1) is 0 Å². The number of rotatable bonds is 6. The number of para-hydroxylation sites is 2. The molecule has 1 N–H and O–H groups in total. The first-order valence-corrected chi connectivity index (χ1v) is 8.18. The summed E-state index contributed by atoms with van der Waals surface area (Å²) in [4.78, 5) is 0. The highest BCUT2D eigenvalue weighted by atomic mass is 16.5. The van der Waals surface area contributed by atoms with E-state index in [0.717, 1.165) is 36.3 Å². The number of benzene rings is 1. The summed E-state index contributed by atoms with van der Waals surface area (Å²) in [6.45, 7) is 7.79. The Morgan fingerprint density at radius 2 is 1.90 bits per heavy atom. The van der Waals surface area contributed by atoms with Gasteiger partial charge in [-0.3, -0.25) is 0 Å². The average molecular weight is 291 g/mol. The van der Waals surface area contributed by atoms with Gasteiger partial charge in [-0.2, -0.15) is 0 Å². The third-order valence-electron chi connectivity index (χ3n) is 4.59. The van der Waals surface area contributed by atoms with E-state index in [4.69, 9.17) is 9.47 Å². The lowest BCUT2D eigenvalue weighted by molar-refractivity contribution is 0.0703. The van der Waals surface area contributed by atoms with Crippen LogP contribution in [0.25, 0.3) is 0 Å². The maximum atomic E-state index is 6.34. The monoisotopic (exact) mass is 291 g/mol. The maximum absolute atomic E-state index is 6.34. The molecule has 3 heteroatoms. The average Bonchev–Trinajstić information content (AvgIpc) is 2.49. The Kier molecular flexibility index (Phi) is 5.92. The fourth-order valence-electron chi connectivity index (χ4n) is 3.27. The molecule has 1 saturated carbocycles. The van der Waals surface area contributed by atoms with Crippen molar-refractivity contribution in [2.24, 2.45) is 11.8 Å². The molecule has 2 rings (SSSR count). The molecule has 3 unspecified atom stereocenters. The minimum absolute atomic E-state index is 0.224.